The Kier molecular flexibility index (Phi) is 3.19. The van der Waals surface area contributed by atoms with Crippen LogP contribution < -0.4 is 5.32 Å². The van der Waals surface area contributed by atoms with Gasteiger partial charge in [-0.25, -0.2) is 0 Å². The van der Waals surface area contributed by atoms with Crippen molar-refractivity contribution >= 4 is 5.69 Å². The number of halogens is 3. The molecular formula is C17H16F3N. The van der Waals surface area contributed by atoms with E-state index >= 15 is 0 Å². The van der Waals surface area contributed by atoms with Crippen molar-refractivity contribution < 1.29 is 13.2 Å². The van der Waals surface area contributed by atoms with Crippen molar-refractivity contribution in [1.29, 1.82) is 0 Å². The monoisotopic (exact) mass is 291 g/mol. The van der Waals surface area contributed by atoms with Gasteiger partial charge in [-0.05, 0) is 54.7 Å². The fourth-order valence-electron chi connectivity index (χ4n) is 2.87. The van der Waals surface area contributed by atoms with E-state index < -0.39 is 11.7 Å². The van der Waals surface area contributed by atoms with Crippen LogP contribution in [0.2, 0.25) is 0 Å². The molecule has 0 aromatic heterocycles. The Morgan fingerprint density at radius 3 is 2.14 bits per heavy atom. The van der Waals surface area contributed by atoms with Crippen molar-refractivity contribution in [2.75, 3.05) is 5.32 Å². The molecule has 1 atom stereocenters. The zero-order valence-corrected chi connectivity index (χ0v) is 11.9. The van der Waals surface area contributed by atoms with Crippen LogP contribution in [0.1, 0.15) is 33.9 Å². The second kappa shape index (κ2) is 4.79. The third kappa shape index (κ3) is 2.50. The van der Waals surface area contributed by atoms with Crippen LogP contribution in [0.5, 0.6) is 0 Å². The van der Waals surface area contributed by atoms with Gasteiger partial charge in [-0.3, -0.25) is 0 Å². The minimum absolute atomic E-state index is 0.0436. The van der Waals surface area contributed by atoms with Gasteiger partial charge in [0.05, 0.1) is 11.6 Å². The molecule has 0 bridgehead atoms. The number of anilines is 1. The molecule has 21 heavy (non-hydrogen) atoms. The third-order valence-corrected chi connectivity index (χ3v) is 4.12. The molecular weight excluding hydrogens is 275 g/mol. The maximum atomic E-state index is 12.6. The highest BCUT2D eigenvalue weighted by molar-refractivity contribution is 5.65. The van der Waals surface area contributed by atoms with Crippen molar-refractivity contribution in [2.24, 2.45) is 0 Å². The third-order valence-electron chi connectivity index (χ3n) is 4.12. The smallest absolute Gasteiger partial charge is 0.377 e. The molecule has 0 saturated heterocycles. The number of aryl methyl sites for hydroxylation is 2. The second-order valence-electron chi connectivity index (χ2n) is 5.57. The lowest BCUT2D eigenvalue weighted by atomic mass is 9.98. The van der Waals surface area contributed by atoms with Crippen molar-refractivity contribution in [1.82, 2.24) is 0 Å². The van der Waals surface area contributed by atoms with E-state index in [-0.39, 0.29) is 6.04 Å². The number of hydrogen-bond donors (Lipinski definition) is 1. The highest BCUT2D eigenvalue weighted by Gasteiger charge is 2.31. The first kappa shape index (κ1) is 14.0. The Bertz CT molecular complexity index is 641. The summed E-state index contributed by atoms with van der Waals surface area (Å²) >= 11 is 0. The fraction of sp³-hybridized carbons (Fsp3) is 0.294. The van der Waals surface area contributed by atoms with E-state index in [4.69, 9.17) is 0 Å². The summed E-state index contributed by atoms with van der Waals surface area (Å²) in [7, 11) is 0. The van der Waals surface area contributed by atoms with Gasteiger partial charge in [-0.1, -0.05) is 24.3 Å². The lowest BCUT2D eigenvalue weighted by molar-refractivity contribution is -0.137. The van der Waals surface area contributed by atoms with E-state index in [1.165, 1.54) is 16.7 Å². The van der Waals surface area contributed by atoms with E-state index in [1.807, 2.05) is 6.92 Å². The van der Waals surface area contributed by atoms with Crippen LogP contribution in [-0.2, 0) is 12.6 Å². The Hall–Kier alpha value is -1.97. The zero-order valence-electron chi connectivity index (χ0n) is 11.9. The predicted molar refractivity (Wildman–Crippen MR) is 77.4 cm³/mol. The highest BCUT2D eigenvalue weighted by Crippen LogP contribution is 2.39. The van der Waals surface area contributed by atoms with Crippen molar-refractivity contribution in [3.8, 4) is 0 Å². The van der Waals surface area contributed by atoms with Crippen molar-refractivity contribution in [2.45, 2.75) is 32.5 Å². The zero-order chi connectivity index (χ0) is 15.2. The average molecular weight is 291 g/mol. The molecule has 1 heterocycles. The van der Waals surface area contributed by atoms with Crippen LogP contribution in [0.4, 0.5) is 18.9 Å². The Morgan fingerprint density at radius 1 is 0.952 bits per heavy atom. The quantitative estimate of drug-likeness (QED) is 0.777. The van der Waals surface area contributed by atoms with E-state index in [2.05, 4.69) is 24.4 Å². The van der Waals surface area contributed by atoms with Gasteiger partial charge < -0.3 is 5.32 Å². The summed E-state index contributed by atoms with van der Waals surface area (Å²) in [6.45, 7) is 4.11. The van der Waals surface area contributed by atoms with E-state index in [0.29, 0.717) is 0 Å². The summed E-state index contributed by atoms with van der Waals surface area (Å²) in [5.74, 6) is 0. The van der Waals surface area contributed by atoms with Gasteiger partial charge in [0.1, 0.15) is 0 Å². The molecule has 2 aromatic rings. The summed E-state index contributed by atoms with van der Waals surface area (Å²) in [4.78, 5) is 0. The molecule has 110 valence electrons. The summed E-state index contributed by atoms with van der Waals surface area (Å²) < 4.78 is 37.8. The molecule has 1 unspecified atom stereocenters. The SMILES string of the molecule is Cc1ccc(C)c2c1CC(c1ccc(C(F)(F)F)cc1)N2. The largest absolute Gasteiger partial charge is 0.416 e. The molecule has 3 rings (SSSR count). The molecule has 0 radical (unpaired) electrons. The summed E-state index contributed by atoms with van der Waals surface area (Å²) in [6, 6.07) is 9.64. The maximum absolute atomic E-state index is 12.6. The van der Waals surface area contributed by atoms with Crippen LogP contribution in [0, 0.1) is 13.8 Å². The molecule has 1 N–H and O–H groups in total. The topological polar surface area (TPSA) is 12.0 Å². The first-order valence-corrected chi connectivity index (χ1v) is 6.89. The Morgan fingerprint density at radius 2 is 1.57 bits per heavy atom. The number of benzene rings is 2. The van der Waals surface area contributed by atoms with Crippen LogP contribution >= 0.6 is 0 Å². The van der Waals surface area contributed by atoms with Gasteiger partial charge in [0.15, 0.2) is 0 Å². The average Bonchev–Trinajstić information content (AvgIpc) is 2.89. The minimum atomic E-state index is -4.28. The number of fused-ring (bicyclic) bond motifs is 1. The summed E-state index contributed by atoms with van der Waals surface area (Å²) in [5.41, 5.74) is 5.06. The molecule has 0 spiro atoms. The maximum Gasteiger partial charge on any atom is 0.416 e. The predicted octanol–water partition coefficient (Wildman–Crippen LogP) is 5.03. The number of hydrogen-bond acceptors (Lipinski definition) is 1. The number of nitrogens with one attached hydrogen (secondary N) is 1. The molecule has 0 aliphatic carbocycles. The van der Waals surface area contributed by atoms with E-state index in [0.717, 1.165) is 29.8 Å². The second-order valence-corrected chi connectivity index (χ2v) is 5.57. The molecule has 0 saturated carbocycles. The molecule has 2 aromatic carbocycles. The molecule has 1 aliphatic rings. The summed E-state index contributed by atoms with van der Waals surface area (Å²) in [5, 5.41) is 3.44. The minimum Gasteiger partial charge on any atom is -0.377 e. The van der Waals surface area contributed by atoms with Crippen LogP contribution in [0.3, 0.4) is 0 Å². The van der Waals surface area contributed by atoms with Crippen molar-refractivity contribution in [3.63, 3.8) is 0 Å². The highest BCUT2D eigenvalue weighted by atomic mass is 19.4. The van der Waals surface area contributed by atoms with E-state index in [1.54, 1.807) is 12.1 Å². The molecule has 1 aliphatic heterocycles. The standard InChI is InChI=1S/C17H16F3N/c1-10-3-4-11(2)16-14(10)9-15(21-16)12-5-7-13(8-6-12)17(18,19)20/h3-8,15,21H,9H2,1-2H3. The lowest BCUT2D eigenvalue weighted by Gasteiger charge is -2.14. The Labute approximate surface area is 121 Å². The fourth-order valence-corrected chi connectivity index (χ4v) is 2.87. The molecule has 0 amide bonds. The van der Waals surface area contributed by atoms with Gasteiger partial charge in [0, 0.05) is 5.69 Å². The number of alkyl halides is 3. The number of rotatable bonds is 1. The first-order chi connectivity index (χ1) is 9.86. The van der Waals surface area contributed by atoms with Gasteiger partial charge in [0.25, 0.3) is 0 Å². The first-order valence-electron chi connectivity index (χ1n) is 6.89. The Balaban J connectivity index is 1.88. The van der Waals surface area contributed by atoms with Gasteiger partial charge >= 0.3 is 6.18 Å². The summed E-state index contributed by atoms with van der Waals surface area (Å²) in [6.07, 6.45) is -3.47. The molecule has 4 heteroatoms. The molecule has 0 fully saturated rings. The van der Waals surface area contributed by atoms with Gasteiger partial charge in [-0.15, -0.1) is 0 Å². The normalized spacial score (nSPS) is 17.5. The van der Waals surface area contributed by atoms with Crippen LogP contribution in [0.15, 0.2) is 36.4 Å². The molecule has 1 nitrogen and oxygen atoms in total. The lowest BCUT2D eigenvalue weighted by Crippen LogP contribution is -2.08. The van der Waals surface area contributed by atoms with Crippen LogP contribution in [-0.4, -0.2) is 0 Å². The van der Waals surface area contributed by atoms with Gasteiger partial charge in [-0.2, -0.15) is 13.2 Å². The van der Waals surface area contributed by atoms with E-state index in [9.17, 15) is 13.2 Å². The van der Waals surface area contributed by atoms with Crippen LogP contribution in [0.25, 0.3) is 0 Å². The van der Waals surface area contributed by atoms with Gasteiger partial charge in [0.2, 0.25) is 0 Å². The van der Waals surface area contributed by atoms with Crippen molar-refractivity contribution in [3.05, 3.63) is 64.2 Å².